The minimum Gasteiger partial charge on any atom is -0.362 e. The van der Waals surface area contributed by atoms with Crippen molar-refractivity contribution in [3.05, 3.63) is 71.5 Å². The van der Waals surface area contributed by atoms with Gasteiger partial charge in [0, 0.05) is 41.2 Å². The zero-order chi connectivity index (χ0) is 37.8. The summed E-state index contributed by atoms with van der Waals surface area (Å²) in [5.41, 5.74) is 6.04. The van der Waals surface area contributed by atoms with Crippen molar-refractivity contribution in [3.8, 4) is 0 Å². The van der Waals surface area contributed by atoms with Crippen LogP contribution in [0, 0.1) is 52.8 Å². The summed E-state index contributed by atoms with van der Waals surface area (Å²) in [6.07, 6.45) is 66.1. The van der Waals surface area contributed by atoms with Gasteiger partial charge in [-0.1, -0.05) is 150 Å². The summed E-state index contributed by atoms with van der Waals surface area (Å²) in [5, 5.41) is 0. The minimum atomic E-state index is 0.378. The van der Waals surface area contributed by atoms with Gasteiger partial charge in [0.25, 0.3) is 0 Å². The largest absolute Gasteiger partial charge is 0.362 e. The molecule has 0 amide bonds. The lowest BCUT2D eigenvalue weighted by molar-refractivity contribution is -0.0611. The summed E-state index contributed by atoms with van der Waals surface area (Å²) in [5.74, 6) is 6.67. The van der Waals surface area contributed by atoms with Gasteiger partial charge in [0.05, 0.1) is 6.04 Å². The molecule has 11 unspecified atom stereocenters. The molecule has 2 heteroatoms. The molecule has 6 saturated carbocycles. The van der Waals surface area contributed by atoms with Crippen molar-refractivity contribution in [1.82, 2.24) is 9.80 Å². The van der Waals surface area contributed by atoms with E-state index in [1.807, 2.05) is 5.57 Å². The molecule has 11 rings (SSSR count). The monoisotopic (exact) mass is 769 g/mol. The Morgan fingerprint density at radius 2 is 1.30 bits per heavy atom. The summed E-state index contributed by atoms with van der Waals surface area (Å²) in [6.45, 7) is 0. The number of allylic oxidation sites excluding steroid dienone is 9. The molecule has 0 aliphatic heterocycles. The molecule has 57 heavy (non-hydrogen) atoms. The maximum Gasteiger partial charge on any atom is 0.0513 e. The van der Waals surface area contributed by atoms with Crippen molar-refractivity contribution in [2.75, 3.05) is 0 Å². The second-order valence-corrected chi connectivity index (χ2v) is 22.0. The molecule has 0 saturated heterocycles. The van der Waals surface area contributed by atoms with E-state index in [1.165, 1.54) is 167 Å². The van der Waals surface area contributed by atoms with Crippen molar-refractivity contribution >= 4 is 0 Å². The number of rotatable bonds is 7. The third kappa shape index (κ3) is 6.55. The molecule has 1 spiro atoms. The highest BCUT2D eigenvalue weighted by molar-refractivity contribution is 5.48. The first-order valence-corrected chi connectivity index (χ1v) is 26.0. The van der Waals surface area contributed by atoms with Crippen LogP contribution in [0.1, 0.15) is 186 Å². The van der Waals surface area contributed by atoms with Gasteiger partial charge in [-0.2, -0.15) is 0 Å². The average molecular weight is 769 g/mol. The van der Waals surface area contributed by atoms with Gasteiger partial charge in [0.2, 0.25) is 0 Å². The first kappa shape index (κ1) is 38.1. The van der Waals surface area contributed by atoms with Gasteiger partial charge in [-0.3, -0.25) is 4.90 Å². The molecule has 310 valence electrons. The van der Waals surface area contributed by atoms with Gasteiger partial charge < -0.3 is 4.90 Å². The van der Waals surface area contributed by atoms with Gasteiger partial charge in [0.1, 0.15) is 0 Å². The lowest BCUT2D eigenvalue weighted by atomic mass is 9.55. The number of hydrogen-bond acceptors (Lipinski definition) is 2. The fourth-order valence-electron chi connectivity index (χ4n) is 17.8. The lowest BCUT2D eigenvalue weighted by Gasteiger charge is -2.56. The zero-order valence-electron chi connectivity index (χ0n) is 36.1. The summed E-state index contributed by atoms with van der Waals surface area (Å²) in [6, 6.07) is 3.74. The molecule has 0 aromatic carbocycles. The predicted octanol–water partition coefficient (Wildman–Crippen LogP) is 14.2. The normalized spacial score (nSPS) is 42.6. The fourth-order valence-corrected chi connectivity index (χ4v) is 17.8. The van der Waals surface area contributed by atoms with Crippen LogP contribution in [0.15, 0.2) is 71.5 Å². The van der Waals surface area contributed by atoms with E-state index >= 15 is 0 Å². The van der Waals surface area contributed by atoms with Crippen molar-refractivity contribution in [2.24, 2.45) is 52.8 Å². The molecular weight excluding hydrogens is 689 g/mol. The van der Waals surface area contributed by atoms with Crippen LogP contribution in [0.25, 0.3) is 0 Å². The quantitative estimate of drug-likeness (QED) is 0.238. The molecule has 0 N–H and O–H groups in total. The highest BCUT2D eigenvalue weighted by atomic mass is 15.2. The van der Waals surface area contributed by atoms with Crippen molar-refractivity contribution < 1.29 is 0 Å². The topological polar surface area (TPSA) is 6.48 Å². The minimum absolute atomic E-state index is 0.378. The standard InChI is InChI=1S/C55H80N2/c1-5-20-39(21-6-1)44-28-15-18-34-52(44)57(42-26-11-4-12-27-42)53-35-19-33-50-54(53)47-30-14-17-32-49(47)55(50)48-31-16-13-29-45(48)46-37-36-43(38-51(46)55)56(40-22-7-2-8-23-40)41-24-9-3-10-25-41/h2,7-8,14,22,30,36-42,44,46-47,49-54H,1,3-6,9-13,15-21,23-29,31-35H2. The van der Waals surface area contributed by atoms with E-state index in [4.69, 9.17) is 0 Å². The summed E-state index contributed by atoms with van der Waals surface area (Å²) < 4.78 is 0. The molecule has 0 bridgehead atoms. The van der Waals surface area contributed by atoms with E-state index < -0.39 is 0 Å². The Balaban J connectivity index is 1.02. The molecule has 6 fully saturated rings. The van der Waals surface area contributed by atoms with Crippen LogP contribution in [0.4, 0.5) is 0 Å². The van der Waals surface area contributed by atoms with Crippen LogP contribution < -0.4 is 0 Å². The number of hydrogen-bond donors (Lipinski definition) is 0. The first-order chi connectivity index (χ1) is 28.3. The zero-order valence-corrected chi connectivity index (χ0v) is 36.1. The van der Waals surface area contributed by atoms with Crippen molar-refractivity contribution in [1.29, 1.82) is 0 Å². The maximum atomic E-state index is 3.49. The first-order valence-electron chi connectivity index (χ1n) is 26.0. The highest BCUT2D eigenvalue weighted by Gasteiger charge is 2.69. The predicted molar refractivity (Wildman–Crippen MR) is 239 cm³/mol. The summed E-state index contributed by atoms with van der Waals surface area (Å²) >= 11 is 0. The third-order valence-corrected chi connectivity index (χ3v) is 19.6. The van der Waals surface area contributed by atoms with E-state index in [1.54, 1.807) is 25.0 Å². The van der Waals surface area contributed by atoms with Crippen molar-refractivity contribution in [2.45, 2.75) is 216 Å². The Bertz CT molecular complexity index is 1610. The van der Waals surface area contributed by atoms with E-state index in [0.717, 1.165) is 53.6 Å². The van der Waals surface area contributed by atoms with Gasteiger partial charge in [-0.25, -0.2) is 0 Å². The summed E-state index contributed by atoms with van der Waals surface area (Å²) in [4.78, 5) is 6.50. The van der Waals surface area contributed by atoms with Crippen LogP contribution in [0.3, 0.4) is 0 Å². The molecule has 0 radical (unpaired) electrons. The molecule has 2 nitrogen and oxygen atoms in total. The molecule has 0 aromatic rings. The Kier molecular flexibility index (Phi) is 11.1. The average Bonchev–Trinajstić information content (AvgIpc) is 3.76. The maximum absolute atomic E-state index is 3.49. The Hall–Kier alpha value is -1.80. The molecule has 11 aliphatic rings. The van der Waals surface area contributed by atoms with Crippen LogP contribution in [-0.4, -0.2) is 40.0 Å². The third-order valence-electron chi connectivity index (χ3n) is 19.6. The highest BCUT2D eigenvalue weighted by Crippen LogP contribution is 2.75. The number of fused-ring (bicyclic) bond motifs is 9. The van der Waals surface area contributed by atoms with E-state index in [2.05, 4.69) is 70.1 Å². The molecule has 0 aromatic heterocycles. The van der Waals surface area contributed by atoms with Crippen molar-refractivity contribution in [3.63, 3.8) is 0 Å². The van der Waals surface area contributed by atoms with E-state index in [9.17, 15) is 0 Å². The van der Waals surface area contributed by atoms with Crippen LogP contribution >= 0.6 is 0 Å². The van der Waals surface area contributed by atoms with Crippen LogP contribution in [-0.2, 0) is 0 Å². The van der Waals surface area contributed by atoms with E-state index in [-0.39, 0.29) is 0 Å². The Morgan fingerprint density at radius 1 is 0.561 bits per heavy atom. The van der Waals surface area contributed by atoms with Gasteiger partial charge in [-0.05, 0) is 144 Å². The molecule has 11 atom stereocenters. The fraction of sp³-hybridized carbons (Fsp3) is 0.782. The van der Waals surface area contributed by atoms with Crippen LogP contribution in [0.5, 0.6) is 0 Å². The van der Waals surface area contributed by atoms with E-state index in [0.29, 0.717) is 29.3 Å². The summed E-state index contributed by atoms with van der Waals surface area (Å²) in [7, 11) is 0. The molecule has 0 heterocycles. The Morgan fingerprint density at radius 3 is 2.11 bits per heavy atom. The second kappa shape index (κ2) is 16.6. The smallest absolute Gasteiger partial charge is 0.0513 e. The lowest BCUT2D eigenvalue weighted by Crippen LogP contribution is -2.59. The van der Waals surface area contributed by atoms with Gasteiger partial charge >= 0.3 is 0 Å². The Labute approximate surface area is 349 Å². The second-order valence-electron chi connectivity index (χ2n) is 22.0. The number of nitrogens with zero attached hydrogens (tertiary/aromatic N) is 2. The van der Waals surface area contributed by atoms with Gasteiger partial charge in [-0.15, -0.1) is 0 Å². The van der Waals surface area contributed by atoms with Crippen LogP contribution in [0.2, 0.25) is 0 Å². The molecular formula is C55H80N2. The van der Waals surface area contributed by atoms with Gasteiger partial charge in [0.15, 0.2) is 0 Å². The SMILES string of the molecule is C1=CCC(N(C2=CC3C(C=C2)C2=C(CCCC2)C32C3CCC=CC3C3C(N(C4CCCCC4)C4CCCCC4C4CCCCC4)CCCC32)C2CCCCC2)C=C1. The molecule has 11 aliphatic carbocycles.